The molecule has 0 aliphatic carbocycles. The third kappa shape index (κ3) is 5.97. The summed E-state index contributed by atoms with van der Waals surface area (Å²) >= 11 is 0. The Morgan fingerprint density at radius 2 is 1.67 bits per heavy atom. The summed E-state index contributed by atoms with van der Waals surface area (Å²) in [6.07, 6.45) is 1.46. The van der Waals surface area contributed by atoms with Gasteiger partial charge in [-0.25, -0.2) is 4.68 Å². The molecular weight excluding hydrogens is 532 g/mol. The maximum absolute atomic E-state index is 14.3. The monoisotopic (exact) mass is 562 g/mol. The normalized spacial score (nSPS) is 11.5. The van der Waals surface area contributed by atoms with Gasteiger partial charge in [-0.1, -0.05) is 54.6 Å². The molecule has 2 amide bonds. The van der Waals surface area contributed by atoms with Crippen LogP contribution in [0.4, 0.5) is 5.69 Å². The number of phenols is 1. The number of aromatic nitrogens is 4. The van der Waals surface area contributed by atoms with E-state index in [1.54, 1.807) is 36.4 Å². The van der Waals surface area contributed by atoms with Crippen molar-refractivity contribution in [2.45, 2.75) is 26.4 Å². The molecule has 1 atom stereocenters. The van der Waals surface area contributed by atoms with E-state index in [4.69, 9.17) is 4.74 Å². The van der Waals surface area contributed by atoms with E-state index in [1.807, 2.05) is 62.4 Å². The minimum Gasteiger partial charge on any atom is -0.504 e. The lowest BCUT2D eigenvalue weighted by Crippen LogP contribution is -2.41. The van der Waals surface area contributed by atoms with Gasteiger partial charge in [0.2, 0.25) is 0 Å². The standard InChI is InChI=1S/C32H30N6O4/c1-21-8-7-9-22(2)29(21)34-31(40)30(25-14-17-27(39)28(18-25)42-3)37(19-23-10-5-4-6-11-23)32(41)24-12-15-26(16-13-24)38-20-33-35-36-38/h4-18,20,30,39H,19H2,1-3H3,(H,34,40)/t30-/m0/s1. The number of para-hydroxylation sites is 1. The van der Waals surface area contributed by atoms with Gasteiger partial charge >= 0.3 is 0 Å². The summed E-state index contributed by atoms with van der Waals surface area (Å²) in [5.41, 5.74) is 4.83. The van der Waals surface area contributed by atoms with Gasteiger partial charge in [0.25, 0.3) is 11.8 Å². The number of carbonyl (C=O) groups excluding carboxylic acids is 2. The molecule has 0 aliphatic heterocycles. The first kappa shape index (κ1) is 28.0. The highest BCUT2D eigenvalue weighted by molar-refractivity contribution is 6.02. The van der Waals surface area contributed by atoms with E-state index < -0.39 is 11.9 Å². The van der Waals surface area contributed by atoms with E-state index in [1.165, 1.54) is 29.1 Å². The number of carbonyl (C=O) groups is 2. The Hall–Kier alpha value is -5.51. The maximum Gasteiger partial charge on any atom is 0.255 e. The summed E-state index contributed by atoms with van der Waals surface area (Å²) in [6, 6.07) is 25.6. The average Bonchev–Trinajstić information content (AvgIpc) is 3.55. The molecule has 1 heterocycles. The predicted molar refractivity (Wildman–Crippen MR) is 157 cm³/mol. The van der Waals surface area contributed by atoms with Crippen molar-refractivity contribution in [1.29, 1.82) is 0 Å². The topological polar surface area (TPSA) is 122 Å². The predicted octanol–water partition coefficient (Wildman–Crippen LogP) is 5.02. The molecule has 0 spiro atoms. The van der Waals surface area contributed by atoms with Crippen LogP contribution in [0.25, 0.3) is 5.69 Å². The Morgan fingerprint density at radius 3 is 2.31 bits per heavy atom. The Balaban J connectivity index is 1.61. The van der Waals surface area contributed by atoms with E-state index in [2.05, 4.69) is 20.8 Å². The van der Waals surface area contributed by atoms with Gasteiger partial charge in [0, 0.05) is 17.8 Å². The molecule has 10 nitrogen and oxygen atoms in total. The van der Waals surface area contributed by atoms with Crippen molar-refractivity contribution in [2.75, 3.05) is 12.4 Å². The van der Waals surface area contributed by atoms with Crippen molar-refractivity contribution in [2.24, 2.45) is 0 Å². The molecule has 212 valence electrons. The Morgan fingerprint density at radius 1 is 0.952 bits per heavy atom. The number of ether oxygens (including phenoxy) is 1. The number of aryl methyl sites for hydroxylation is 2. The summed E-state index contributed by atoms with van der Waals surface area (Å²) in [5.74, 6) is -0.657. The molecular formula is C32H30N6O4. The third-order valence-corrected chi connectivity index (χ3v) is 6.99. The zero-order valence-electron chi connectivity index (χ0n) is 23.4. The van der Waals surface area contributed by atoms with Gasteiger partial charge in [-0.05, 0) is 82.9 Å². The van der Waals surface area contributed by atoms with Crippen LogP contribution in [0.15, 0.2) is 97.3 Å². The van der Waals surface area contributed by atoms with Crippen molar-refractivity contribution in [1.82, 2.24) is 25.1 Å². The van der Waals surface area contributed by atoms with Crippen LogP contribution in [0.2, 0.25) is 0 Å². The van der Waals surface area contributed by atoms with Crippen LogP contribution < -0.4 is 10.1 Å². The number of amides is 2. The van der Waals surface area contributed by atoms with E-state index in [0.29, 0.717) is 22.5 Å². The van der Waals surface area contributed by atoms with Gasteiger partial charge in [0.15, 0.2) is 11.5 Å². The smallest absolute Gasteiger partial charge is 0.255 e. The molecule has 10 heteroatoms. The number of tetrazole rings is 1. The van der Waals surface area contributed by atoms with Gasteiger partial charge in [0.1, 0.15) is 12.4 Å². The number of benzene rings is 4. The van der Waals surface area contributed by atoms with Gasteiger partial charge in [-0.3, -0.25) is 9.59 Å². The minimum absolute atomic E-state index is 0.0747. The first-order chi connectivity index (χ1) is 20.4. The van der Waals surface area contributed by atoms with Crippen molar-refractivity contribution in [3.8, 4) is 17.2 Å². The number of aromatic hydroxyl groups is 1. The fourth-order valence-corrected chi connectivity index (χ4v) is 4.80. The molecule has 0 fully saturated rings. The number of anilines is 1. The number of hydrogen-bond donors (Lipinski definition) is 2. The van der Waals surface area contributed by atoms with Crippen molar-refractivity contribution in [3.05, 3.63) is 125 Å². The molecule has 0 saturated heterocycles. The molecule has 5 rings (SSSR count). The first-order valence-electron chi connectivity index (χ1n) is 13.3. The molecule has 5 aromatic rings. The second kappa shape index (κ2) is 12.3. The largest absolute Gasteiger partial charge is 0.504 e. The van der Waals surface area contributed by atoms with E-state index in [-0.39, 0.29) is 24.0 Å². The molecule has 1 aromatic heterocycles. The Kier molecular flexibility index (Phi) is 8.24. The minimum atomic E-state index is -1.08. The molecule has 0 saturated carbocycles. The SMILES string of the molecule is COc1cc([C@@H](C(=O)Nc2c(C)cccc2C)N(Cc2ccccc2)C(=O)c2ccc(-n3cnnn3)cc2)ccc1O. The molecule has 0 unspecified atom stereocenters. The lowest BCUT2D eigenvalue weighted by Gasteiger charge is -2.32. The fourth-order valence-electron chi connectivity index (χ4n) is 4.80. The van der Waals surface area contributed by atoms with Crippen LogP contribution in [0.3, 0.4) is 0 Å². The quantitative estimate of drug-likeness (QED) is 0.259. The van der Waals surface area contributed by atoms with Gasteiger partial charge in [-0.15, -0.1) is 5.10 Å². The number of rotatable bonds is 9. The molecule has 42 heavy (non-hydrogen) atoms. The van der Waals surface area contributed by atoms with E-state index in [9.17, 15) is 14.7 Å². The van der Waals surface area contributed by atoms with Gasteiger partial charge in [0.05, 0.1) is 12.8 Å². The number of hydrogen-bond acceptors (Lipinski definition) is 7. The average molecular weight is 563 g/mol. The van der Waals surface area contributed by atoms with Gasteiger partial charge in [-0.2, -0.15) is 0 Å². The Bertz CT molecular complexity index is 1670. The van der Waals surface area contributed by atoms with Gasteiger partial charge < -0.3 is 20.1 Å². The number of nitrogens with one attached hydrogen (secondary N) is 1. The summed E-state index contributed by atoms with van der Waals surface area (Å²) in [7, 11) is 1.43. The lowest BCUT2D eigenvalue weighted by molar-refractivity contribution is -0.121. The fraction of sp³-hybridized carbons (Fsp3) is 0.156. The Labute approximate surface area is 243 Å². The van der Waals surface area contributed by atoms with Crippen LogP contribution in [-0.4, -0.2) is 49.1 Å². The highest BCUT2D eigenvalue weighted by Crippen LogP contribution is 2.34. The zero-order valence-corrected chi connectivity index (χ0v) is 23.4. The van der Waals surface area contributed by atoms with Crippen LogP contribution in [0.1, 0.15) is 38.7 Å². The summed E-state index contributed by atoms with van der Waals surface area (Å²) in [5, 5.41) is 24.6. The highest BCUT2D eigenvalue weighted by atomic mass is 16.5. The number of phenolic OH excluding ortho intramolecular Hbond substituents is 1. The molecule has 2 N–H and O–H groups in total. The summed E-state index contributed by atoms with van der Waals surface area (Å²) in [4.78, 5) is 30.1. The van der Waals surface area contributed by atoms with E-state index >= 15 is 0 Å². The first-order valence-corrected chi connectivity index (χ1v) is 13.3. The second-order valence-electron chi connectivity index (χ2n) is 9.81. The van der Waals surface area contributed by atoms with Crippen LogP contribution >= 0.6 is 0 Å². The summed E-state index contributed by atoms with van der Waals surface area (Å²) < 4.78 is 6.85. The zero-order chi connectivity index (χ0) is 29.6. The van der Waals surface area contributed by atoms with Crippen LogP contribution in [-0.2, 0) is 11.3 Å². The van der Waals surface area contributed by atoms with Crippen molar-refractivity contribution in [3.63, 3.8) is 0 Å². The lowest BCUT2D eigenvalue weighted by atomic mass is 10.00. The molecule has 0 radical (unpaired) electrons. The molecule has 0 bridgehead atoms. The maximum atomic E-state index is 14.3. The molecule has 4 aromatic carbocycles. The van der Waals surface area contributed by atoms with Crippen molar-refractivity contribution < 1.29 is 19.4 Å². The third-order valence-electron chi connectivity index (χ3n) is 6.99. The number of methoxy groups -OCH3 is 1. The summed E-state index contributed by atoms with van der Waals surface area (Å²) in [6.45, 7) is 3.98. The van der Waals surface area contributed by atoms with E-state index in [0.717, 1.165) is 16.7 Å². The van der Waals surface area contributed by atoms with Crippen LogP contribution in [0.5, 0.6) is 11.5 Å². The second-order valence-corrected chi connectivity index (χ2v) is 9.81. The highest BCUT2D eigenvalue weighted by Gasteiger charge is 2.33. The van der Waals surface area contributed by atoms with Crippen LogP contribution in [0, 0.1) is 13.8 Å². The molecule has 0 aliphatic rings. The number of nitrogens with zero attached hydrogens (tertiary/aromatic N) is 5. The van der Waals surface area contributed by atoms with Crippen molar-refractivity contribution >= 4 is 17.5 Å².